The van der Waals surface area contributed by atoms with Gasteiger partial charge >= 0.3 is 10.4 Å². The van der Waals surface area contributed by atoms with Gasteiger partial charge in [-0.2, -0.15) is 8.42 Å². The minimum absolute atomic E-state index is 0.0417. The normalized spacial score (nSPS) is 14.6. The summed E-state index contributed by atoms with van der Waals surface area (Å²) >= 11 is 0. The molecular formula is C6H14O5S. The summed E-state index contributed by atoms with van der Waals surface area (Å²) in [5, 5.41) is 8.49. The summed E-state index contributed by atoms with van der Waals surface area (Å²) in [6.07, 6.45) is 1.11. The van der Waals surface area contributed by atoms with Crippen LogP contribution in [0.2, 0.25) is 0 Å². The molecule has 0 spiro atoms. The highest BCUT2D eigenvalue weighted by Gasteiger charge is 2.06. The molecule has 2 N–H and O–H groups in total. The summed E-state index contributed by atoms with van der Waals surface area (Å²) in [6.45, 7) is 1.90. The van der Waals surface area contributed by atoms with Crippen molar-refractivity contribution in [3.8, 4) is 0 Å². The van der Waals surface area contributed by atoms with E-state index in [1.807, 2.05) is 6.92 Å². The molecule has 1 unspecified atom stereocenters. The van der Waals surface area contributed by atoms with Crippen molar-refractivity contribution >= 4 is 10.4 Å². The van der Waals surface area contributed by atoms with Gasteiger partial charge in [0.05, 0.1) is 6.61 Å². The van der Waals surface area contributed by atoms with Crippen molar-refractivity contribution in [1.82, 2.24) is 0 Å². The zero-order valence-electron chi connectivity index (χ0n) is 6.93. The predicted octanol–water partition coefficient (Wildman–Crippen LogP) is 0.214. The van der Waals surface area contributed by atoms with Crippen molar-refractivity contribution in [3.05, 3.63) is 0 Å². The first-order valence-electron chi connectivity index (χ1n) is 3.68. The van der Waals surface area contributed by atoms with Crippen molar-refractivity contribution in [1.29, 1.82) is 0 Å². The van der Waals surface area contributed by atoms with E-state index in [-0.39, 0.29) is 19.1 Å². The van der Waals surface area contributed by atoms with Crippen LogP contribution in [0, 0.1) is 5.92 Å². The molecule has 0 aliphatic heterocycles. The maximum absolute atomic E-state index is 10.1. The lowest BCUT2D eigenvalue weighted by Gasteiger charge is -2.07. The predicted molar refractivity (Wildman–Crippen MR) is 43.0 cm³/mol. The SMILES string of the molecule is CC(CCO)CCOS(=O)(=O)O. The van der Waals surface area contributed by atoms with Gasteiger partial charge in [0.2, 0.25) is 0 Å². The van der Waals surface area contributed by atoms with Crippen molar-refractivity contribution < 1.29 is 22.3 Å². The minimum atomic E-state index is -4.30. The van der Waals surface area contributed by atoms with Gasteiger partial charge in [-0.3, -0.25) is 4.55 Å². The highest BCUT2D eigenvalue weighted by Crippen LogP contribution is 2.06. The fraction of sp³-hybridized carbons (Fsp3) is 1.00. The number of aliphatic hydroxyl groups is 1. The fourth-order valence-corrected chi connectivity index (χ4v) is 1.03. The molecule has 12 heavy (non-hydrogen) atoms. The van der Waals surface area contributed by atoms with Crippen molar-refractivity contribution in [3.63, 3.8) is 0 Å². The zero-order valence-corrected chi connectivity index (χ0v) is 7.75. The lowest BCUT2D eigenvalue weighted by molar-refractivity contribution is 0.222. The molecule has 0 radical (unpaired) electrons. The maximum Gasteiger partial charge on any atom is 0.397 e. The molecule has 0 aliphatic carbocycles. The van der Waals surface area contributed by atoms with Gasteiger partial charge in [-0.25, -0.2) is 4.18 Å². The van der Waals surface area contributed by atoms with Crippen LogP contribution in [0.5, 0.6) is 0 Å². The summed E-state index contributed by atoms with van der Waals surface area (Å²) in [5.74, 6) is 0.191. The molecule has 0 bridgehead atoms. The Morgan fingerprint density at radius 3 is 2.42 bits per heavy atom. The molecule has 0 aromatic rings. The summed E-state index contributed by atoms with van der Waals surface area (Å²) in [4.78, 5) is 0. The lowest BCUT2D eigenvalue weighted by Crippen LogP contribution is -2.08. The van der Waals surface area contributed by atoms with E-state index in [1.165, 1.54) is 0 Å². The van der Waals surface area contributed by atoms with Crippen LogP contribution >= 0.6 is 0 Å². The smallest absolute Gasteiger partial charge is 0.396 e. The highest BCUT2D eigenvalue weighted by molar-refractivity contribution is 7.80. The second-order valence-corrected chi connectivity index (χ2v) is 3.75. The standard InChI is InChI=1S/C6H14O5S/c1-6(2-4-7)3-5-11-12(8,9)10/h6-7H,2-5H2,1H3,(H,8,9,10). The molecular weight excluding hydrogens is 184 g/mol. The summed E-state index contributed by atoms with van der Waals surface area (Å²) in [5.41, 5.74) is 0. The summed E-state index contributed by atoms with van der Waals surface area (Å²) in [6, 6.07) is 0. The van der Waals surface area contributed by atoms with Gasteiger partial charge < -0.3 is 5.11 Å². The van der Waals surface area contributed by atoms with Crippen LogP contribution in [-0.4, -0.2) is 31.3 Å². The molecule has 0 rings (SSSR count). The van der Waals surface area contributed by atoms with E-state index in [0.717, 1.165) is 0 Å². The van der Waals surface area contributed by atoms with E-state index in [0.29, 0.717) is 12.8 Å². The van der Waals surface area contributed by atoms with E-state index < -0.39 is 10.4 Å². The van der Waals surface area contributed by atoms with E-state index in [1.54, 1.807) is 0 Å². The first-order chi connectivity index (χ1) is 5.45. The molecule has 0 saturated heterocycles. The van der Waals surface area contributed by atoms with Crippen LogP contribution in [0.25, 0.3) is 0 Å². The Hall–Kier alpha value is -0.170. The first kappa shape index (κ1) is 11.8. The topological polar surface area (TPSA) is 83.8 Å². The Morgan fingerprint density at radius 1 is 1.42 bits per heavy atom. The Balaban J connectivity index is 3.44. The second-order valence-electron chi connectivity index (χ2n) is 2.66. The molecule has 74 valence electrons. The highest BCUT2D eigenvalue weighted by atomic mass is 32.3. The van der Waals surface area contributed by atoms with Gasteiger partial charge in [-0.05, 0) is 18.8 Å². The average molecular weight is 198 g/mol. The third-order valence-electron chi connectivity index (χ3n) is 1.46. The molecule has 6 heteroatoms. The molecule has 0 fully saturated rings. The molecule has 0 aromatic carbocycles. The number of hydrogen-bond acceptors (Lipinski definition) is 4. The van der Waals surface area contributed by atoms with Crippen LogP contribution in [-0.2, 0) is 14.6 Å². The van der Waals surface area contributed by atoms with Crippen molar-refractivity contribution in [2.75, 3.05) is 13.2 Å². The zero-order chi connectivity index (χ0) is 9.61. The van der Waals surface area contributed by atoms with Gasteiger partial charge in [0.1, 0.15) is 0 Å². The number of hydrogen-bond donors (Lipinski definition) is 2. The Kier molecular flexibility index (Phi) is 5.39. The van der Waals surface area contributed by atoms with Crippen LogP contribution < -0.4 is 0 Å². The fourth-order valence-electron chi connectivity index (χ4n) is 0.719. The lowest BCUT2D eigenvalue weighted by atomic mass is 10.1. The van der Waals surface area contributed by atoms with Crippen LogP contribution in [0.15, 0.2) is 0 Å². The Bertz CT molecular complexity index is 198. The Morgan fingerprint density at radius 2 is 2.00 bits per heavy atom. The van der Waals surface area contributed by atoms with Gasteiger partial charge in [0.25, 0.3) is 0 Å². The third kappa shape index (κ3) is 7.93. The quantitative estimate of drug-likeness (QED) is 0.596. The van der Waals surface area contributed by atoms with E-state index in [4.69, 9.17) is 9.66 Å². The van der Waals surface area contributed by atoms with E-state index in [2.05, 4.69) is 4.18 Å². The van der Waals surface area contributed by atoms with Crippen molar-refractivity contribution in [2.45, 2.75) is 19.8 Å². The summed E-state index contributed by atoms with van der Waals surface area (Å²) in [7, 11) is -4.30. The number of rotatable bonds is 6. The first-order valence-corrected chi connectivity index (χ1v) is 5.05. The molecule has 1 atom stereocenters. The molecule has 0 saturated carbocycles. The van der Waals surface area contributed by atoms with Gasteiger partial charge in [0, 0.05) is 6.61 Å². The minimum Gasteiger partial charge on any atom is -0.396 e. The summed E-state index contributed by atoms with van der Waals surface area (Å²) < 4.78 is 32.4. The van der Waals surface area contributed by atoms with E-state index >= 15 is 0 Å². The third-order valence-corrected chi connectivity index (χ3v) is 1.93. The van der Waals surface area contributed by atoms with Crippen LogP contribution in [0.4, 0.5) is 0 Å². The molecule has 5 nitrogen and oxygen atoms in total. The molecule has 0 aromatic heterocycles. The van der Waals surface area contributed by atoms with Gasteiger partial charge in [-0.15, -0.1) is 0 Å². The van der Waals surface area contributed by atoms with Gasteiger partial charge in [0.15, 0.2) is 0 Å². The van der Waals surface area contributed by atoms with Crippen LogP contribution in [0.3, 0.4) is 0 Å². The second kappa shape index (κ2) is 5.47. The monoisotopic (exact) mass is 198 g/mol. The molecule has 0 heterocycles. The van der Waals surface area contributed by atoms with E-state index in [9.17, 15) is 8.42 Å². The maximum atomic E-state index is 10.1. The van der Waals surface area contributed by atoms with Crippen LogP contribution in [0.1, 0.15) is 19.8 Å². The molecule has 0 aliphatic rings. The Labute approximate surface area is 72.3 Å². The molecule has 0 amide bonds. The van der Waals surface area contributed by atoms with Gasteiger partial charge in [-0.1, -0.05) is 6.92 Å². The largest absolute Gasteiger partial charge is 0.397 e. The average Bonchev–Trinajstić information content (AvgIpc) is 1.84. The van der Waals surface area contributed by atoms with Crippen molar-refractivity contribution in [2.24, 2.45) is 5.92 Å². The number of aliphatic hydroxyl groups excluding tert-OH is 1.